The number of benzene rings is 4. The first-order valence-electron chi connectivity index (χ1n) is 15.3. The van der Waals surface area contributed by atoms with Crippen molar-refractivity contribution in [3.63, 3.8) is 0 Å². The van der Waals surface area contributed by atoms with Crippen LogP contribution in [0.5, 0.6) is 23.0 Å². The number of ether oxygens (including phenoxy) is 4. The fourth-order valence-electron chi connectivity index (χ4n) is 4.82. The van der Waals surface area contributed by atoms with Gasteiger partial charge >= 0.3 is 11.9 Å². The van der Waals surface area contributed by atoms with Crippen molar-refractivity contribution < 1.29 is 38.7 Å². The van der Waals surface area contributed by atoms with E-state index in [4.69, 9.17) is 18.9 Å². The maximum Gasteiger partial charge on any atom is 0.306 e. The standard InChI is InChI=1S/C34H32N6O8S2/c1-45-23-15-21(33(43)29(17-23)39-35-25-7-3-4-8-26(25)36-39)19-47-31(41)11-13-49-50-14-12-32(42)48-20-22-16-24(46-2)18-30(34(22)44)40-37-27-9-5-6-10-28(27)38-40/h3-10,15-18,43-44H,11-14,19-20H2,1-2H3. The van der Waals surface area contributed by atoms with Crippen LogP contribution in [0, 0.1) is 0 Å². The Morgan fingerprint density at radius 2 is 0.980 bits per heavy atom. The van der Waals surface area contributed by atoms with E-state index in [1.54, 1.807) is 24.3 Å². The molecular weight excluding hydrogens is 685 g/mol. The van der Waals surface area contributed by atoms with E-state index in [1.165, 1.54) is 45.4 Å². The topological polar surface area (TPSA) is 173 Å². The number of esters is 2. The highest BCUT2D eigenvalue weighted by molar-refractivity contribution is 8.76. The van der Waals surface area contributed by atoms with Gasteiger partial charge in [0.1, 0.15) is 69.7 Å². The molecule has 258 valence electrons. The second-order valence-electron chi connectivity index (χ2n) is 10.7. The van der Waals surface area contributed by atoms with E-state index in [1.807, 2.05) is 48.5 Å². The van der Waals surface area contributed by atoms with E-state index >= 15 is 0 Å². The van der Waals surface area contributed by atoms with Crippen LogP contribution in [0.2, 0.25) is 0 Å². The smallest absolute Gasteiger partial charge is 0.306 e. The number of aromatic nitrogens is 6. The maximum absolute atomic E-state index is 12.4. The second kappa shape index (κ2) is 15.8. The first-order valence-corrected chi connectivity index (χ1v) is 17.8. The molecule has 2 aromatic heterocycles. The minimum absolute atomic E-state index is 0.124. The Hall–Kier alpha value is -5.48. The van der Waals surface area contributed by atoms with Gasteiger partial charge in [0.2, 0.25) is 0 Å². The van der Waals surface area contributed by atoms with E-state index in [9.17, 15) is 19.8 Å². The molecule has 0 fully saturated rings. The zero-order valence-corrected chi connectivity index (χ0v) is 28.6. The van der Waals surface area contributed by atoms with Gasteiger partial charge in [-0.1, -0.05) is 45.9 Å². The number of phenolic OH excluding ortho intramolecular Hbond substituents is 2. The molecule has 16 heteroatoms. The number of fused-ring (bicyclic) bond motifs is 2. The zero-order chi connectivity index (χ0) is 35.0. The normalized spacial score (nSPS) is 11.2. The van der Waals surface area contributed by atoms with Crippen LogP contribution in [0.25, 0.3) is 33.4 Å². The van der Waals surface area contributed by atoms with Gasteiger partial charge in [0.05, 0.1) is 27.1 Å². The Kier molecular flexibility index (Phi) is 10.9. The molecule has 0 unspecified atom stereocenters. The summed E-state index contributed by atoms with van der Waals surface area (Å²) >= 11 is 0. The number of nitrogens with zero attached hydrogens (tertiary/aromatic N) is 6. The molecule has 0 bridgehead atoms. The highest BCUT2D eigenvalue weighted by atomic mass is 33.1. The third kappa shape index (κ3) is 8.03. The van der Waals surface area contributed by atoms with E-state index in [0.29, 0.717) is 67.6 Å². The molecule has 2 heterocycles. The van der Waals surface area contributed by atoms with Crippen LogP contribution in [-0.2, 0) is 32.3 Å². The minimum atomic E-state index is -0.444. The van der Waals surface area contributed by atoms with Crippen LogP contribution < -0.4 is 9.47 Å². The molecule has 50 heavy (non-hydrogen) atoms. The number of aromatic hydroxyl groups is 2. The summed E-state index contributed by atoms with van der Waals surface area (Å²) in [5.74, 6) is 0.661. The van der Waals surface area contributed by atoms with E-state index in [2.05, 4.69) is 20.4 Å². The van der Waals surface area contributed by atoms with Gasteiger partial charge in [-0.2, -0.15) is 0 Å². The van der Waals surface area contributed by atoms with Gasteiger partial charge < -0.3 is 29.2 Å². The summed E-state index contributed by atoms with van der Waals surface area (Å²) in [5.41, 5.74) is 3.93. The van der Waals surface area contributed by atoms with Crippen molar-refractivity contribution in [3.05, 3.63) is 83.9 Å². The summed E-state index contributed by atoms with van der Waals surface area (Å²) in [4.78, 5) is 27.5. The van der Waals surface area contributed by atoms with E-state index in [-0.39, 0.29) is 37.6 Å². The lowest BCUT2D eigenvalue weighted by atomic mass is 10.1. The maximum atomic E-state index is 12.4. The van der Waals surface area contributed by atoms with Gasteiger partial charge in [-0.25, -0.2) is 0 Å². The fraction of sp³-hybridized carbons (Fsp3) is 0.235. The third-order valence-corrected chi connectivity index (χ3v) is 9.81. The Labute approximate surface area is 293 Å². The van der Waals surface area contributed by atoms with Gasteiger partial charge in [-0.3, -0.25) is 9.59 Å². The molecular formula is C34H32N6O8S2. The molecule has 0 saturated heterocycles. The van der Waals surface area contributed by atoms with Gasteiger partial charge in [0.15, 0.2) is 0 Å². The van der Waals surface area contributed by atoms with Gasteiger partial charge in [-0.15, -0.1) is 30.0 Å². The Morgan fingerprint density at radius 1 is 0.620 bits per heavy atom. The highest BCUT2D eigenvalue weighted by Gasteiger charge is 2.18. The zero-order valence-electron chi connectivity index (χ0n) is 27.0. The fourth-order valence-corrected chi connectivity index (χ4v) is 6.77. The number of hydrogen-bond acceptors (Lipinski definition) is 14. The molecule has 2 N–H and O–H groups in total. The van der Waals surface area contributed by atoms with Gasteiger partial charge in [-0.05, 0) is 36.4 Å². The summed E-state index contributed by atoms with van der Waals surface area (Å²) in [5, 5.41) is 39.5. The van der Waals surface area contributed by atoms with Gasteiger partial charge in [0.25, 0.3) is 0 Å². The Balaban J connectivity index is 0.933. The summed E-state index contributed by atoms with van der Waals surface area (Å²) in [6.45, 7) is -0.336. The van der Waals surface area contributed by atoms with Crippen LogP contribution >= 0.6 is 21.6 Å². The quantitative estimate of drug-likeness (QED) is 0.0771. The average Bonchev–Trinajstić information content (AvgIpc) is 3.77. The number of rotatable bonds is 15. The SMILES string of the molecule is COc1cc(COC(=O)CCSSCCC(=O)OCc2cc(OC)cc(-n3nc4ccccc4n3)c2O)c(O)c(-n2nc3ccccc3n2)c1. The number of hydrogen-bond donors (Lipinski definition) is 2. The Morgan fingerprint density at radius 3 is 1.32 bits per heavy atom. The van der Waals surface area contributed by atoms with Crippen molar-refractivity contribution in [2.24, 2.45) is 0 Å². The van der Waals surface area contributed by atoms with Crippen LogP contribution in [-0.4, -0.2) is 77.9 Å². The third-order valence-electron chi connectivity index (χ3n) is 7.40. The molecule has 0 amide bonds. The molecule has 0 aliphatic carbocycles. The summed E-state index contributed by atoms with van der Waals surface area (Å²) in [7, 11) is 5.84. The molecule has 6 rings (SSSR count). The highest BCUT2D eigenvalue weighted by Crippen LogP contribution is 2.33. The van der Waals surface area contributed by atoms with E-state index < -0.39 is 11.9 Å². The molecule has 14 nitrogen and oxygen atoms in total. The molecule has 0 aliphatic rings. The lowest BCUT2D eigenvalue weighted by Gasteiger charge is -2.12. The van der Waals surface area contributed by atoms with Crippen LogP contribution in [0.15, 0.2) is 72.8 Å². The van der Waals surface area contributed by atoms with Crippen molar-refractivity contribution in [2.45, 2.75) is 26.1 Å². The lowest BCUT2D eigenvalue weighted by molar-refractivity contribution is -0.145. The minimum Gasteiger partial charge on any atom is -0.505 e. The second-order valence-corrected chi connectivity index (χ2v) is 13.4. The number of phenols is 2. The largest absolute Gasteiger partial charge is 0.505 e. The molecule has 0 saturated carbocycles. The van der Waals surface area contributed by atoms with E-state index in [0.717, 1.165) is 0 Å². The predicted molar refractivity (Wildman–Crippen MR) is 188 cm³/mol. The summed E-state index contributed by atoms with van der Waals surface area (Å²) in [6.07, 6.45) is 0.258. The molecule has 0 aliphatic heterocycles. The van der Waals surface area contributed by atoms with Gasteiger partial charge in [0, 0.05) is 34.8 Å². The molecule has 0 atom stereocenters. The lowest BCUT2D eigenvalue weighted by Crippen LogP contribution is -2.08. The van der Waals surface area contributed by atoms with Crippen molar-refractivity contribution in [1.29, 1.82) is 0 Å². The first kappa shape index (κ1) is 34.4. The number of carbonyl (C=O) groups is 2. The first-order chi connectivity index (χ1) is 24.3. The van der Waals surface area contributed by atoms with Crippen molar-refractivity contribution in [2.75, 3.05) is 25.7 Å². The molecule has 4 aromatic carbocycles. The molecule has 0 radical (unpaired) electrons. The number of methoxy groups -OCH3 is 2. The monoisotopic (exact) mass is 716 g/mol. The van der Waals surface area contributed by atoms with Crippen molar-refractivity contribution in [1.82, 2.24) is 30.0 Å². The van der Waals surface area contributed by atoms with Crippen LogP contribution in [0.4, 0.5) is 0 Å². The molecule has 0 spiro atoms. The van der Waals surface area contributed by atoms with Crippen molar-refractivity contribution in [3.8, 4) is 34.4 Å². The van der Waals surface area contributed by atoms with Crippen molar-refractivity contribution >= 4 is 55.6 Å². The molecule has 6 aromatic rings. The van der Waals surface area contributed by atoms with Crippen LogP contribution in [0.3, 0.4) is 0 Å². The number of carbonyl (C=O) groups excluding carboxylic acids is 2. The Bertz CT molecular complexity index is 1940. The summed E-state index contributed by atoms with van der Waals surface area (Å²) < 4.78 is 21.6. The summed E-state index contributed by atoms with van der Waals surface area (Å²) in [6, 6.07) is 21.0. The average molecular weight is 717 g/mol. The predicted octanol–water partition coefficient (Wildman–Crippen LogP) is 5.53. The van der Waals surface area contributed by atoms with Crippen LogP contribution in [0.1, 0.15) is 24.0 Å².